The van der Waals surface area contributed by atoms with Crippen molar-refractivity contribution in [1.82, 2.24) is 5.32 Å². The highest BCUT2D eigenvalue weighted by molar-refractivity contribution is 7.45. The summed E-state index contributed by atoms with van der Waals surface area (Å²) in [6.45, 7) is 4.48. The lowest BCUT2D eigenvalue weighted by atomic mass is 10.0. The molecule has 0 heterocycles. The van der Waals surface area contributed by atoms with Crippen LogP contribution < -0.4 is 10.2 Å². The zero-order chi connectivity index (χ0) is 50.6. The standard InChI is InChI=1S/C60H99N2O6P/c1-6-8-10-12-14-15-16-17-18-19-20-21-22-23-24-25-26-27-28-29-30-31-32-33-34-35-36-37-38-39-40-41-42-43-44-45-46-47-48-50-52-54-60(64)61-58(59(63)53-51-49-13-11-9-7-2)57-68-69(65,66)67-56-55-62(3,4)5/h8,10,14-15,17-18,20-21,23-24,26-27,29-30,32-33,35-36,38-39,41-42,44-45,58-59,63H,6-7,9,11-13,16,19,22,25,28,31,34,37,40,43,46-57H2,1-5H3,(H-,61,64,65,66)/b10-8-,15-14-,18-17-,21-20-,24-23-,27-26-,30-29-,33-32-,36-35-,39-38-,42-41-,45-44-. The van der Waals surface area contributed by atoms with E-state index in [1.807, 2.05) is 21.1 Å². The molecule has 0 aliphatic carbocycles. The minimum Gasteiger partial charge on any atom is -0.756 e. The van der Waals surface area contributed by atoms with Crippen LogP contribution in [0.15, 0.2) is 146 Å². The fraction of sp³-hybridized carbons (Fsp3) is 0.583. The first-order chi connectivity index (χ1) is 33.5. The Hall–Kier alpha value is -3.62. The topological polar surface area (TPSA) is 108 Å². The van der Waals surface area contributed by atoms with Crippen molar-refractivity contribution in [3.8, 4) is 0 Å². The van der Waals surface area contributed by atoms with Gasteiger partial charge in [-0.1, -0.05) is 211 Å². The van der Waals surface area contributed by atoms with Crippen molar-refractivity contribution in [2.45, 2.75) is 187 Å². The highest BCUT2D eigenvalue weighted by Crippen LogP contribution is 2.38. The van der Waals surface area contributed by atoms with E-state index in [-0.39, 0.29) is 19.1 Å². The first-order valence-electron chi connectivity index (χ1n) is 26.7. The number of unbranched alkanes of at least 4 members (excludes halogenated alkanes) is 9. The van der Waals surface area contributed by atoms with Gasteiger partial charge in [0.15, 0.2) is 0 Å². The van der Waals surface area contributed by atoms with E-state index in [2.05, 4.69) is 165 Å². The van der Waals surface area contributed by atoms with Crippen molar-refractivity contribution in [3.63, 3.8) is 0 Å². The summed E-state index contributed by atoms with van der Waals surface area (Å²) < 4.78 is 23.1. The van der Waals surface area contributed by atoms with Crippen LogP contribution in [0.1, 0.15) is 174 Å². The number of rotatable bonds is 46. The number of quaternary nitrogens is 1. The third-order valence-electron chi connectivity index (χ3n) is 10.8. The van der Waals surface area contributed by atoms with Gasteiger partial charge in [0.2, 0.25) is 5.91 Å². The molecule has 0 bridgehead atoms. The van der Waals surface area contributed by atoms with Crippen molar-refractivity contribution < 1.29 is 32.9 Å². The Labute approximate surface area is 423 Å². The van der Waals surface area contributed by atoms with Gasteiger partial charge in [0.25, 0.3) is 7.82 Å². The van der Waals surface area contributed by atoms with Crippen molar-refractivity contribution in [1.29, 1.82) is 0 Å². The van der Waals surface area contributed by atoms with Gasteiger partial charge in [-0.3, -0.25) is 9.36 Å². The SMILES string of the molecule is CC/C=C\C/C=C\C/C=C\C/C=C\C/C=C\C/C=C\C/C=C\C/C=C\C/C=C\C/C=C\C/C=C\C/C=C\CCCCCCC(=O)NC(COP(=O)([O-])OCC[N+](C)(C)C)C(O)CCCCCCCC. The summed E-state index contributed by atoms with van der Waals surface area (Å²) in [5, 5.41) is 13.7. The number of hydrogen-bond acceptors (Lipinski definition) is 6. The van der Waals surface area contributed by atoms with Gasteiger partial charge in [-0.2, -0.15) is 0 Å². The first kappa shape index (κ1) is 65.4. The molecule has 0 saturated heterocycles. The summed E-state index contributed by atoms with van der Waals surface area (Å²) in [6, 6.07) is -0.821. The molecule has 3 unspecified atom stereocenters. The summed E-state index contributed by atoms with van der Waals surface area (Å²) in [5.74, 6) is -0.202. The Balaban J connectivity index is 4.05. The van der Waals surface area contributed by atoms with E-state index in [1.165, 1.54) is 12.8 Å². The number of carbonyl (C=O) groups excluding carboxylic acids is 1. The molecule has 0 aliphatic heterocycles. The van der Waals surface area contributed by atoms with Crippen molar-refractivity contribution in [2.75, 3.05) is 40.9 Å². The van der Waals surface area contributed by atoms with E-state index in [1.54, 1.807) is 0 Å². The number of carbonyl (C=O) groups is 1. The van der Waals surface area contributed by atoms with E-state index in [4.69, 9.17) is 9.05 Å². The van der Waals surface area contributed by atoms with Crippen LogP contribution in [0, 0.1) is 0 Å². The summed E-state index contributed by atoms with van der Waals surface area (Å²) in [7, 11) is 1.26. The van der Waals surface area contributed by atoms with Crippen molar-refractivity contribution >= 4 is 13.7 Å². The van der Waals surface area contributed by atoms with Gasteiger partial charge in [0, 0.05) is 6.42 Å². The molecule has 0 aliphatic rings. The van der Waals surface area contributed by atoms with Gasteiger partial charge in [-0.05, 0) is 103 Å². The van der Waals surface area contributed by atoms with Crippen LogP contribution in [0.4, 0.5) is 0 Å². The molecule has 0 fully saturated rings. The van der Waals surface area contributed by atoms with Gasteiger partial charge < -0.3 is 28.8 Å². The van der Waals surface area contributed by atoms with Crippen LogP contribution in [0.5, 0.6) is 0 Å². The molecule has 0 aromatic rings. The van der Waals surface area contributed by atoms with E-state index in [0.29, 0.717) is 23.9 Å². The number of aliphatic hydroxyl groups is 1. The average molecular weight is 975 g/mol. The number of aliphatic hydroxyl groups excluding tert-OH is 1. The average Bonchev–Trinajstić information content (AvgIpc) is 3.31. The number of phosphoric ester groups is 1. The van der Waals surface area contributed by atoms with E-state index in [0.717, 1.165) is 135 Å². The number of allylic oxidation sites excluding steroid dienone is 24. The molecule has 0 spiro atoms. The van der Waals surface area contributed by atoms with E-state index in [9.17, 15) is 19.4 Å². The molecule has 1 amide bonds. The molecule has 0 aromatic heterocycles. The van der Waals surface area contributed by atoms with Gasteiger partial charge in [-0.25, -0.2) is 0 Å². The number of hydrogen-bond donors (Lipinski definition) is 2. The maximum atomic E-state index is 12.8. The largest absolute Gasteiger partial charge is 0.756 e. The summed E-state index contributed by atoms with van der Waals surface area (Å²) >= 11 is 0. The second kappa shape index (κ2) is 49.4. The Morgan fingerprint density at radius 2 is 0.884 bits per heavy atom. The van der Waals surface area contributed by atoms with Crippen LogP contribution in [0.25, 0.3) is 0 Å². The minimum absolute atomic E-state index is 0.00178. The number of phosphoric acid groups is 1. The van der Waals surface area contributed by atoms with Crippen molar-refractivity contribution in [3.05, 3.63) is 146 Å². The van der Waals surface area contributed by atoms with Crippen LogP contribution >= 0.6 is 7.82 Å². The lowest BCUT2D eigenvalue weighted by molar-refractivity contribution is -0.870. The second-order valence-corrected chi connectivity index (χ2v) is 19.9. The highest BCUT2D eigenvalue weighted by Gasteiger charge is 2.24. The van der Waals surface area contributed by atoms with Gasteiger partial charge in [0.1, 0.15) is 13.2 Å². The van der Waals surface area contributed by atoms with Crippen LogP contribution in [0.3, 0.4) is 0 Å². The molecule has 0 rings (SSSR count). The Kier molecular flexibility index (Phi) is 46.8. The zero-order valence-corrected chi connectivity index (χ0v) is 45.1. The smallest absolute Gasteiger partial charge is 0.268 e. The monoisotopic (exact) mass is 975 g/mol. The molecule has 9 heteroatoms. The Bertz CT molecular complexity index is 1620. The van der Waals surface area contributed by atoms with Gasteiger partial charge >= 0.3 is 0 Å². The van der Waals surface area contributed by atoms with Gasteiger partial charge in [-0.15, -0.1) is 0 Å². The number of nitrogens with one attached hydrogen (secondary N) is 1. The van der Waals surface area contributed by atoms with E-state index >= 15 is 0 Å². The third-order valence-corrected chi connectivity index (χ3v) is 11.8. The third kappa shape index (κ3) is 52.0. The maximum Gasteiger partial charge on any atom is 0.268 e. The highest BCUT2D eigenvalue weighted by atomic mass is 31.2. The molecular weight excluding hydrogens is 876 g/mol. The summed E-state index contributed by atoms with van der Waals surface area (Å²) in [5.41, 5.74) is 0. The fourth-order valence-electron chi connectivity index (χ4n) is 6.67. The first-order valence-corrected chi connectivity index (χ1v) is 28.1. The molecule has 2 N–H and O–H groups in total. The number of likely N-dealkylation sites (N-methyl/N-ethyl adjacent to an activating group) is 1. The normalized spacial score (nSPS) is 15.2. The summed E-state index contributed by atoms with van der Waals surface area (Å²) in [4.78, 5) is 25.2. The van der Waals surface area contributed by atoms with Crippen LogP contribution in [-0.2, 0) is 18.4 Å². The molecule has 3 atom stereocenters. The molecule has 0 aromatic carbocycles. The second-order valence-electron chi connectivity index (χ2n) is 18.5. The maximum absolute atomic E-state index is 12.8. The number of nitrogens with zero attached hydrogens (tertiary/aromatic N) is 1. The Morgan fingerprint density at radius 1 is 0.522 bits per heavy atom. The lowest BCUT2D eigenvalue weighted by Crippen LogP contribution is -2.46. The quantitative estimate of drug-likeness (QED) is 0.0272. The summed E-state index contributed by atoms with van der Waals surface area (Å²) in [6.07, 6.45) is 76.4. The fourth-order valence-corrected chi connectivity index (χ4v) is 7.39. The van der Waals surface area contributed by atoms with Crippen LogP contribution in [0.2, 0.25) is 0 Å². The predicted molar refractivity (Wildman–Crippen MR) is 297 cm³/mol. The molecule has 69 heavy (non-hydrogen) atoms. The van der Waals surface area contributed by atoms with Gasteiger partial charge in [0.05, 0.1) is 39.9 Å². The zero-order valence-electron chi connectivity index (χ0n) is 44.2. The predicted octanol–water partition coefficient (Wildman–Crippen LogP) is 15.5. The molecular formula is C60H99N2O6P. The molecule has 0 radical (unpaired) electrons. The van der Waals surface area contributed by atoms with Crippen LogP contribution in [-0.4, -0.2) is 68.5 Å². The molecule has 390 valence electrons. The number of amides is 1. The Morgan fingerprint density at radius 3 is 1.29 bits per heavy atom. The lowest BCUT2D eigenvalue weighted by Gasteiger charge is -2.30. The van der Waals surface area contributed by atoms with Crippen molar-refractivity contribution in [2.24, 2.45) is 0 Å². The molecule has 8 nitrogen and oxygen atoms in total. The minimum atomic E-state index is -4.57. The molecule has 0 saturated carbocycles. The van der Waals surface area contributed by atoms with E-state index < -0.39 is 20.0 Å².